The maximum atomic E-state index is 13.0. The number of aryl methyl sites for hydroxylation is 1. The predicted octanol–water partition coefficient (Wildman–Crippen LogP) is 4.46. The molecule has 6 heteroatoms. The van der Waals surface area contributed by atoms with Gasteiger partial charge in [0.25, 0.3) is 0 Å². The molecule has 0 aliphatic carbocycles. The summed E-state index contributed by atoms with van der Waals surface area (Å²) in [6.45, 7) is 3.03. The number of rotatable bonds is 3. The van der Waals surface area contributed by atoms with Crippen molar-refractivity contribution in [1.29, 1.82) is 0 Å². The first-order chi connectivity index (χ1) is 11.9. The Hall–Kier alpha value is -2.60. The number of carbonyl (C=O) groups excluding carboxylic acids is 1. The van der Waals surface area contributed by atoms with Gasteiger partial charge in [0.1, 0.15) is 22.8 Å². The number of hydrogen-bond acceptors (Lipinski definition) is 5. The fourth-order valence-electron chi connectivity index (χ4n) is 2.70. The van der Waals surface area contributed by atoms with Crippen LogP contribution in [0.5, 0.6) is 11.5 Å². The quantitative estimate of drug-likeness (QED) is 0.477. The third kappa shape index (κ3) is 3.30. The zero-order valence-electron chi connectivity index (χ0n) is 13.9. The van der Waals surface area contributed by atoms with Crippen molar-refractivity contribution in [2.24, 2.45) is 0 Å². The predicted molar refractivity (Wildman–Crippen MR) is 98.2 cm³/mol. The molecule has 1 aromatic heterocycles. The molecule has 0 atom stereocenters. The van der Waals surface area contributed by atoms with E-state index in [0.717, 1.165) is 4.47 Å². The van der Waals surface area contributed by atoms with Crippen LogP contribution in [0, 0.1) is 6.92 Å². The van der Waals surface area contributed by atoms with Crippen LogP contribution in [-0.4, -0.2) is 13.1 Å². The lowest BCUT2D eigenvalue weighted by Crippen LogP contribution is -2.09. The molecule has 2 aromatic carbocycles. The Kier molecular flexibility index (Phi) is 4.63. The Morgan fingerprint density at radius 1 is 1.16 bits per heavy atom. The van der Waals surface area contributed by atoms with Crippen LogP contribution >= 0.6 is 15.9 Å². The van der Waals surface area contributed by atoms with Gasteiger partial charge >= 0.3 is 5.97 Å². The van der Waals surface area contributed by atoms with E-state index in [4.69, 9.17) is 13.9 Å². The van der Waals surface area contributed by atoms with Gasteiger partial charge in [0.05, 0.1) is 18.1 Å². The van der Waals surface area contributed by atoms with Crippen LogP contribution in [0.1, 0.15) is 12.7 Å². The van der Waals surface area contributed by atoms with Gasteiger partial charge in [-0.25, -0.2) is 0 Å². The van der Waals surface area contributed by atoms with Gasteiger partial charge in [-0.3, -0.25) is 9.59 Å². The van der Waals surface area contributed by atoms with E-state index in [1.165, 1.54) is 13.0 Å². The lowest BCUT2D eigenvalue weighted by molar-refractivity contribution is -0.131. The molecule has 5 nitrogen and oxygen atoms in total. The van der Waals surface area contributed by atoms with Crippen LogP contribution in [0.4, 0.5) is 0 Å². The summed E-state index contributed by atoms with van der Waals surface area (Å²) < 4.78 is 17.1. The molecule has 0 spiro atoms. The summed E-state index contributed by atoms with van der Waals surface area (Å²) >= 11 is 3.39. The Bertz CT molecular complexity index is 1040. The van der Waals surface area contributed by atoms with Gasteiger partial charge in [-0.2, -0.15) is 0 Å². The maximum Gasteiger partial charge on any atom is 0.308 e. The lowest BCUT2D eigenvalue weighted by atomic mass is 10.0. The van der Waals surface area contributed by atoms with Crippen molar-refractivity contribution in [3.05, 3.63) is 56.9 Å². The van der Waals surface area contributed by atoms with Crippen LogP contribution in [0.3, 0.4) is 0 Å². The molecule has 0 radical (unpaired) electrons. The minimum Gasteiger partial charge on any atom is -0.496 e. The fourth-order valence-corrected chi connectivity index (χ4v) is 3.04. The smallest absolute Gasteiger partial charge is 0.308 e. The first-order valence-electron chi connectivity index (χ1n) is 7.50. The van der Waals surface area contributed by atoms with E-state index >= 15 is 0 Å². The molecule has 0 N–H and O–H groups in total. The number of hydrogen-bond donors (Lipinski definition) is 0. The zero-order chi connectivity index (χ0) is 18.1. The van der Waals surface area contributed by atoms with Crippen LogP contribution in [-0.2, 0) is 4.79 Å². The largest absolute Gasteiger partial charge is 0.496 e. The summed E-state index contributed by atoms with van der Waals surface area (Å²) in [7, 11) is 1.55. The molecule has 0 bridgehead atoms. The van der Waals surface area contributed by atoms with Crippen molar-refractivity contribution in [2.45, 2.75) is 13.8 Å². The van der Waals surface area contributed by atoms with E-state index in [1.807, 2.05) is 6.07 Å². The Morgan fingerprint density at radius 3 is 2.60 bits per heavy atom. The van der Waals surface area contributed by atoms with Gasteiger partial charge in [0, 0.05) is 23.0 Å². The number of carbonyl (C=O) groups is 1. The Balaban J connectivity index is 2.24. The van der Waals surface area contributed by atoms with Gasteiger partial charge in [-0.1, -0.05) is 15.9 Å². The molecule has 25 heavy (non-hydrogen) atoms. The number of esters is 1. The monoisotopic (exact) mass is 402 g/mol. The highest BCUT2D eigenvalue weighted by molar-refractivity contribution is 9.10. The highest BCUT2D eigenvalue weighted by Crippen LogP contribution is 2.34. The molecular formula is C19H15BrO5. The van der Waals surface area contributed by atoms with E-state index in [-0.39, 0.29) is 5.43 Å². The Labute approximate surface area is 152 Å². The van der Waals surface area contributed by atoms with E-state index in [0.29, 0.717) is 39.4 Å². The van der Waals surface area contributed by atoms with E-state index in [2.05, 4.69) is 15.9 Å². The standard InChI is InChI=1S/C19H15BrO5/c1-10-18(14-6-4-12(20)8-16(14)23-3)19(22)15-7-5-13(25-11(2)21)9-17(15)24-10/h4-9H,1-3H3. The molecule has 0 saturated heterocycles. The SMILES string of the molecule is COc1cc(Br)ccc1-c1c(C)oc2cc(OC(C)=O)ccc2c1=O. The minimum absolute atomic E-state index is 0.172. The second kappa shape index (κ2) is 6.72. The molecule has 0 aliphatic rings. The fraction of sp³-hybridized carbons (Fsp3) is 0.158. The third-order valence-electron chi connectivity index (χ3n) is 3.73. The summed E-state index contributed by atoms with van der Waals surface area (Å²) in [4.78, 5) is 24.1. The summed E-state index contributed by atoms with van der Waals surface area (Å²) in [5.74, 6) is 0.921. The zero-order valence-corrected chi connectivity index (χ0v) is 15.5. The molecule has 0 fully saturated rings. The van der Waals surface area contributed by atoms with Crippen molar-refractivity contribution in [2.75, 3.05) is 7.11 Å². The summed E-state index contributed by atoms with van der Waals surface area (Å²) in [5, 5.41) is 0.404. The Morgan fingerprint density at radius 2 is 1.92 bits per heavy atom. The third-order valence-corrected chi connectivity index (χ3v) is 4.23. The normalized spacial score (nSPS) is 10.7. The molecular weight excluding hydrogens is 388 g/mol. The lowest BCUT2D eigenvalue weighted by Gasteiger charge is -2.12. The van der Waals surface area contributed by atoms with Crippen LogP contribution < -0.4 is 14.9 Å². The summed E-state index contributed by atoms with van der Waals surface area (Å²) in [6.07, 6.45) is 0. The van der Waals surface area contributed by atoms with E-state index in [1.54, 1.807) is 38.3 Å². The van der Waals surface area contributed by atoms with Crippen molar-refractivity contribution >= 4 is 32.9 Å². The topological polar surface area (TPSA) is 65.7 Å². The van der Waals surface area contributed by atoms with E-state index < -0.39 is 5.97 Å². The van der Waals surface area contributed by atoms with Crippen molar-refractivity contribution in [3.63, 3.8) is 0 Å². The average molecular weight is 403 g/mol. The van der Waals surface area contributed by atoms with Gasteiger partial charge in [0.2, 0.25) is 5.43 Å². The van der Waals surface area contributed by atoms with Crippen molar-refractivity contribution in [1.82, 2.24) is 0 Å². The molecule has 0 saturated carbocycles. The second-order valence-corrected chi connectivity index (χ2v) is 6.37. The summed E-state index contributed by atoms with van der Waals surface area (Å²) in [5.41, 5.74) is 1.29. The van der Waals surface area contributed by atoms with Crippen LogP contribution in [0.2, 0.25) is 0 Å². The van der Waals surface area contributed by atoms with Gasteiger partial charge in [0.15, 0.2) is 0 Å². The molecule has 128 valence electrons. The molecule has 1 heterocycles. The first kappa shape index (κ1) is 17.2. The molecule has 3 rings (SSSR count). The van der Waals surface area contributed by atoms with Crippen molar-refractivity contribution < 1.29 is 18.7 Å². The number of halogens is 1. The number of benzene rings is 2. The highest BCUT2D eigenvalue weighted by atomic mass is 79.9. The van der Waals surface area contributed by atoms with E-state index in [9.17, 15) is 9.59 Å². The number of ether oxygens (including phenoxy) is 2. The van der Waals surface area contributed by atoms with Crippen molar-refractivity contribution in [3.8, 4) is 22.6 Å². The average Bonchev–Trinajstić information content (AvgIpc) is 2.55. The van der Waals surface area contributed by atoms with Gasteiger partial charge in [-0.05, 0) is 37.3 Å². The highest BCUT2D eigenvalue weighted by Gasteiger charge is 2.18. The number of methoxy groups -OCH3 is 1. The first-order valence-corrected chi connectivity index (χ1v) is 8.30. The minimum atomic E-state index is -0.436. The molecule has 0 amide bonds. The van der Waals surface area contributed by atoms with Crippen LogP contribution in [0.15, 0.2) is 50.1 Å². The second-order valence-electron chi connectivity index (χ2n) is 5.46. The molecule has 3 aromatic rings. The van der Waals surface area contributed by atoms with Crippen LogP contribution in [0.25, 0.3) is 22.1 Å². The number of fused-ring (bicyclic) bond motifs is 1. The van der Waals surface area contributed by atoms with Gasteiger partial charge < -0.3 is 13.9 Å². The van der Waals surface area contributed by atoms with Gasteiger partial charge in [-0.15, -0.1) is 0 Å². The summed E-state index contributed by atoms with van der Waals surface area (Å²) in [6, 6.07) is 10.1. The molecule has 0 unspecified atom stereocenters. The maximum absolute atomic E-state index is 13.0. The molecule has 0 aliphatic heterocycles.